The average Bonchev–Trinajstić information content (AvgIpc) is 2.62. The monoisotopic (exact) mass is 254 g/mol. The van der Waals surface area contributed by atoms with E-state index in [9.17, 15) is 22.8 Å². The summed E-state index contributed by atoms with van der Waals surface area (Å²) in [4.78, 5) is 23.1. The third kappa shape index (κ3) is 2.36. The molecule has 0 radical (unpaired) electrons. The number of carbonyl (C=O) groups excluding carboxylic acids is 1. The number of carbonyl (C=O) groups is 2. The lowest BCUT2D eigenvalue weighted by atomic mass is 10.0. The maximum atomic E-state index is 12.5. The van der Waals surface area contributed by atoms with Crippen LogP contribution in [0.1, 0.15) is 19.8 Å². The van der Waals surface area contributed by atoms with Crippen LogP contribution in [-0.4, -0.2) is 46.2 Å². The van der Waals surface area contributed by atoms with Gasteiger partial charge in [-0.05, 0) is 19.8 Å². The molecule has 1 saturated heterocycles. The van der Waals surface area contributed by atoms with Crippen LogP contribution in [0.25, 0.3) is 0 Å². The van der Waals surface area contributed by atoms with Gasteiger partial charge in [-0.2, -0.15) is 13.2 Å². The number of carboxylic acid groups (broad SMARTS) is 1. The smallest absolute Gasteiger partial charge is 0.415 e. The summed E-state index contributed by atoms with van der Waals surface area (Å²) in [6, 6.07) is -1.22. The van der Waals surface area contributed by atoms with Gasteiger partial charge in [0, 0.05) is 6.54 Å². The van der Waals surface area contributed by atoms with Gasteiger partial charge in [0.2, 0.25) is 0 Å². The highest BCUT2D eigenvalue weighted by Gasteiger charge is 2.57. The summed E-state index contributed by atoms with van der Waals surface area (Å²) in [6.45, 7) is 0.533. The Labute approximate surface area is 95.4 Å². The molecule has 0 aromatic heterocycles. The maximum absolute atomic E-state index is 12.5. The van der Waals surface area contributed by atoms with Crippen LogP contribution in [-0.2, 0) is 9.59 Å². The first-order chi connectivity index (χ1) is 7.59. The highest BCUT2D eigenvalue weighted by molar-refractivity contribution is 5.90. The van der Waals surface area contributed by atoms with E-state index in [2.05, 4.69) is 0 Å². The van der Waals surface area contributed by atoms with Crippen molar-refractivity contribution < 1.29 is 27.9 Å². The van der Waals surface area contributed by atoms with Crippen LogP contribution < -0.4 is 5.73 Å². The van der Waals surface area contributed by atoms with E-state index in [-0.39, 0.29) is 13.0 Å². The normalized spacial score (nSPS) is 24.5. The fourth-order valence-corrected chi connectivity index (χ4v) is 1.69. The minimum atomic E-state index is -4.91. The molecule has 1 aliphatic rings. The first-order valence-corrected chi connectivity index (χ1v) is 4.98. The summed E-state index contributed by atoms with van der Waals surface area (Å²) in [7, 11) is 0. The number of halogens is 3. The molecule has 1 heterocycles. The zero-order chi connectivity index (χ0) is 13.4. The molecule has 2 unspecified atom stereocenters. The summed E-state index contributed by atoms with van der Waals surface area (Å²) in [6.07, 6.45) is -4.40. The highest BCUT2D eigenvalue weighted by Crippen LogP contribution is 2.31. The molecule has 1 aliphatic heterocycles. The van der Waals surface area contributed by atoms with Gasteiger partial charge in [-0.3, -0.25) is 4.79 Å². The number of carboxylic acids is 1. The summed E-state index contributed by atoms with van der Waals surface area (Å²) in [5.41, 5.74) is 1.92. The summed E-state index contributed by atoms with van der Waals surface area (Å²) >= 11 is 0. The molecule has 0 saturated carbocycles. The molecule has 0 spiro atoms. The Morgan fingerprint density at radius 3 is 2.35 bits per heavy atom. The molecule has 5 nitrogen and oxygen atoms in total. The van der Waals surface area contributed by atoms with Crippen LogP contribution >= 0.6 is 0 Å². The number of hydrogen-bond donors (Lipinski definition) is 2. The van der Waals surface area contributed by atoms with Gasteiger partial charge in [-0.1, -0.05) is 0 Å². The van der Waals surface area contributed by atoms with Crippen molar-refractivity contribution in [3.8, 4) is 0 Å². The Hall–Kier alpha value is -1.31. The lowest BCUT2D eigenvalue weighted by Crippen LogP contribution is -2.63. The molecular formula is C9H13F3N2O3. The number of alkyl halides is 3. The molecule has 0 aromatic rings. The van der Waals surface area contributed by atoms with Crippen molar-refractivity contribution in [2.75, 3.05) is 6.54 Å². The minimum absolute atomic E-state index is 0.0152. The maximum Gasteiger partial charge on any atom is 0.415 e. The number of amides is 1. The van der Waals surface area contributed by atoms with Crippen molar-refractivity contribution >= 4 is 11.9 Å². The van der Waals surface area contributed by atoms with Crippen LogP contribution in [0.15, 0.2) is 0 Å². The van der Waals surface area contributed by atoms with Gasteiger partial charge in [0.25, 0.3) is 5.91 Å². The van der Waals surface area contributed by atoms with Crippen molar-refractivity contribution in [2.24, 2.45) is 5.73 Å². The Morgan fingerprint density at radius 1 is 1.41 bits per heavy atom. The van der Waals surface area contributed by atoms with E-state index in [1.165, 1.54) is 0 Å². The molecule has 0 aromatic carbocycles. The van der Waals surface area contributed by atoms with Gasteiger partial charge in [0.05, 0.1) is 0 Å². The third-order valence-electron chi connectivity index (χ3n) is 2.83. The summed E-state index contributed by atoms with van der Waals surface area (Å²) < 4.78 is 37.6. The Kier molecular flexibility index (Phi) is 3.37. The van der Waals surface area contributed by atoms with Crippen molar-refractivity contribution in [3.63, 3.8) is 0 Å². The molecule has 3 N–H and O–H groups in total. The number of nitrogens with two attached hydrogens (primary N) is 1. The first-order valence-electron chi connectivity index (χ1n) is 4.98. The molecule has 0 bridgehead atoms. The zero-order valence-corrected chi connectivity index (χ0v) is 9.12. The predicted molar refractivity (Wildman–Crippen MR) is 51.0 cm³/mol. The Balaban J connectivity index is 2.94. The molecule has 8 heteroatoms. The Morgan fingerprint density at radius 2 is 1.94 bits per heavy atom. The highest BCUT2D eigenvalue weighted by atomic mass is 19.4. The van der Waals surface area contributed by atoms with Crippen molar-refractivity contribution in [1.29, 1.82) is 0 Å². The van der Waals surface area contributed by atoms with Crippen LogP contribution in [0.2, 0.25) is 0 Å². The van der Waals surface area contributed by atoms with E-state index in [0.717, 1.165) is 0 Å². The van der Waals surface area contributed by atoms with E-state index in [1.54, 1.807) is 0 Å². The number of nitrogens with zero attached hydrogens (tertiary/aromatic N) is 1. The lowest BCUT2D eigenvalue weighted by Gasteiger charge is -2.32. The SMILES string of the molecule is CC(N)(C(=O)N1CCCC1C(=O)O)C(F)(F)F. The quantitative estimate of drug-likeness (QED) is 0.744. The molecule has 98 valence electrons. The molecule has 17 heavy (non-hydrogen) atoms. The summed E-state index contributed by atoms with van der Waals surface area (Å²) in [5, 5.41) is 8.79. The molecule has 1 rings (SSSR count). The van der Waals surface area contributed by atoms with Crippen LogP contribution in [0.3, 0.4) is 0 Å². The standard InChI is InChI=1S/C9H13F3N2O3/c1-8(13,9(10,11)12)7(17)14-4-2-3-5(14)6(15)16/h5H,2-4,13H2,1H3,(H,15,16). The van der Waals surface area contributed by atoms with E-state index in [1.807, 2.05) is 0 Å². The fraction of sp³-hybridized carbons (Fsp3) is 0.778. The third-order valence-corrected chi connectivity index (χ3v) is 2.83. The fourth-order valence-electron chi connectivity index (χ4n) is 1.69. The molecule has 0 aliphatic carbocycles. The van der Waals surface area contributed by atoms with Gasteiger partial charge < -0.3 is 15.7 Å². The van der Waals surface area contributed by atoms with E-state index >= 15 is 0 Å². The van der Waals surface area contributed by atoms with Crippen molar-refractivity contribution in [2.45, 2.75) is 37.5 Å². The largest absolute Gasteiger partial charge is 0.480 e. The van der Waals surface area contributed by atoms with E-state index in [4.69, 9.17) is 10.8 Å². The Bertz CT molecular complexity index is 341. The van der Waals surface area contributed by atoms with Crippen LogP contribution in [0.5, 0.6) is 0 Å². The summed E-state index contributed by atoms with van der Waals surface area (Å²) in [5.74, 6) is -2.70. The number of rotatable bonds is 2. The van der Waals surface area contributed by atoms with Gasteiger partial charge in [0.1, 0.15) is 6.04 Å². The number of likely N-dealkylation sites (tertiary alicyclic amines) is 1. The lowest BCUT2D eigenvalue weighted by molar-refractivity contribution is -0.195. The second-order valence-electron chi connectivity index (χ2n) is 4.19. The minimum Gasteiger partial charge on any atom is -0.480 e. The van der Waals surface area contributed by atoms with Crippen LogP contribution in [0, 0.1) is 0 Å². The van der Waals surface area contributed by atoms with Gasteiger partial charge in [-0.15, -0.1) is 0 Å². The van der Waals surface area contributed by atoms with Gasteiger partial charge in [0.15, 0.2) is 5.54 Å². The van der Waals surface area contributed by atoms with Crippen molar-refractivity contribution in [1.82, 2.24) is 4.90 Å². The zero-order valence-electron chi connectivity index (χ0n) is 9.12. The van der Waals surface area contributed by atoms with E-state index in [0.29, 0.717) is 18.2 Å². The molecule has 2 atom stereocenters. The number of hydrogen-bond acceptors (Lipinski definition) is 3. The van der Waals surface area contributed by atoms with E-state index < -0.39 is 29.6 Å². The topological polar surface area (TPSA) is 83.6 Å². The van der Waals surface area contributed by atoms with Gasteiger partial charge in [-0.25, -0.2) is 4.79 Å². The average molecular weight is 254 g/mol. The molecule has 1 amide bonds. The second kappa shape index (κ2) is 4.17. The van der Waals surface area contributed by atoms with Crippen LogP contribution in [0.4, 0.5) is 13.2 Å². The molecule has 1 fully saturated rings. The first kappa shape index (κ1) is 13.8. The predicted octanol–water partition coefficient (Wildman–Crippen LogP) is 0.342. The number of aliphatic carboxylic acids is 1. The second-order valence-corrected chi connectivity index (χ2v) is 4.19. The van der Waals surface area contributed by atoms with Gasteiger partial charge >= 0.3 is 12.1 Å². The van der Waals surface area contributed by atoms with Crippen molar-refractivity contribution in [3.05, 3.63) is 0 Å². The molecular weight excluding hydrogens is 241 g/mol.